The van der Waals surface area contributed by atoms with Crippen molar-refractivity contribution in [1.29, 1.82) is 0 Å². The molecule has 0 aliphatic carbocycles. The summed E-state index contributed by atoms with van der Waals surface area (Å²) in [5.41, 5.74) is 0.357. The van der Waals surface area contributed by atoms with Crippen LogP contribution >= 0.6 is 0 Å². The molecule has 1 saturated heterocycles. The van der Waals surface area contributed by atoms with Gasteiger partial charge in [0, 0.05) is 0 Å². The number of hydrogen-bond acceptors (Lipinski definition) is 5. The Balaban J connectivity index is 2.33. The number of aliphatic hydroxyl groups excluding tert-OH is 1. The van der Waals surface area contributed by atoms with E-state index in [1.165, 1.54) is 0 Å². The van der Waals surface area contributed by atoms with Crippen LogP contribution in [0.4, 0.5) is 5.69 Å². The normalized spacial score (nSPS) is 17.9. The summed E-state index contributed by atoms with van der Waals surface area (Å²) in [4.78, 5) is 11.1. The Hall–Kier alpha value is -1.07. The Morgan fingerprint density at radius 3 is 2.65 bits per heavy atom. The molecule has 0 bridgehead atoms. The molecule has 1 amide bonds. The number of aliphatic hydroxyl groups is 1. The Labute approximate surface area is 101 Å². The molecule has 1 aliphatic rings. The molecule has 0 atom stereocenters. The third kappa shape index (κ3) is 2.61. The first kappa shape index (κ1) is 12.4. The molecule has 1 fully saturated rings. The maximum absolute atomic E-state index is 12.3. The van der Waals surface area contributed by atoms with Gasteiger partial charge in [0.1, 0.15) is 0 Å². The summed E-state index contributed by atoms with van der Waals surface area (Å²) in [5, 5.41) is 11.1. The zero-order valence-electron chi connectivity index (χ0n) is 8.96. The molecule has 2 N–H and O–H groups in total. The van der Waals surface area contributed by atoms with E-state index in [9.17, 15) is 8.53 Å². The predicted molar refractivity (Wildman–Crippen MR) is 60.1 cm³/mol. The molecule has 0 saturated carbocycles. The van der Waals surface area contributed by atoms with Crippen molar-refractivity contribution in [3.8, 4) is 0 Å². The van der Waals surface area contributed by atoms with Crippen molar-refractivity contribution in [2.75, 3.05) is 25.1 Å². The monoisotopic (exact) mass is 301 g/mol. The van der Waals surface area contributed by atoms with Gasteiger partial charge in [0.2, 0.25) is 0 Å². The van der Waals surface area contributed by atoms with E-state index in [2.05, 4.69) is 5.32 Å². The van der Waals surface area contributed by atoms with Gasteiger partial charge in [-0.25, -0.2) is 0 Å². The second kappa shape index (κ2) is 5.06. The summed E-state index contributed by atoms with van der Waals surface area (Å²) in [6, 6.07) is 6.57. The van der Waals surface area contributed by atoms with Crippen LogP contribution in [-0.4, -0.2) is 45.0 Å². The second-order valence-electron chi connectivity index (χ2n) is 3.39. The number of hydrogen-bond donors (Lipinski definition) is 2. The molecule has 92 valence electrons. The molecule has 2 rings (SSSR count). The van der Waals surface area contributed by atoms with Crippen molar-refractivity contribution in [1.82, 2.24) is 0 Å². The van der Waals surface area contributed by atoms with Crippen LogP contribution in [0.15, 0.2) is 24.3 Å². The molecule has 6 nitrogen and oxygen atoms in total. The van der Waals surface area contributed by atoms with E-state index < -0.39 is 26.7 Å². The third-order valence-electron chi connectivity index (χ3n) is 2.22. The van der Waals surface area contributed by atoms with Crippen LogP contribution in [0, 0.1) is 0 Å². The van der Waals surface area contributed by atoms with Crippen LogP contribution in [-0.2, 0) is 16.0 Å². The summed E-state index contributed by atoms with van der Waals surface area (Å²) in [6.45, 7) is -0.0509. The topological polar surface area (TPSA) is 84.9 Å². The van der Waals surface area contributed by atoms with E-state index in [0.717, 1.165) is 0 Å². The van der Waals surface area contributed by atoms with Gasteiger partial charge < -0.3 is 0 Å². The average molecular weight is 301 g/mol. The zero-order chi connectivity index (χ0) is 12.3. The quantitative estimate of drug-likeness (QED) is 0.717. The summed E-state index contributed by atoms with van der Waals surface area (Å²) in [7, 11) is 0. The number of benzene rings is 1. The number of nitrogens with one attached hydrogen (secondary N) is 1. The Morgan fingerprint density at radius 2 is 2.00 bits per heavy atom. The predicted octanol–water partition coefficient (Wildman–Crippen LogP) is -0.759. The van der Waals surface area contributed by atoms with E-state index in [1.807, 2.05) is 0 Å². The SMILES string of the molecule is O=C(CO)Nc1ccccc1[As]1(=O)OCCO1. The van der Waals surface area contributed by atoms with Crippen LogP contribution < -0.4 is 9.67 Å². The number of amides is 1. The number of anilines is 1. The molecule has 1 aliphatic heterocycles. The van der Waals surface area contributed by atoms with Crippen molar-refractivity contribution in [3.63, 3.8) is 0 Å². The summed E-state index contributed by atoms with van der Waals surface area (Å²) in [5.74, 6) is -0.571. The second-order valence-corrected chi connectivity index (χ2v) is 7.57. The molecular weight excluding hydrogens is 289 g/mol. The fourth-order valence-electron chi connectivity index (χ4n) is 1.50. The van der Waals surface area contributed by atoms with Crippen LogP contribution in [0.5, 0.6) is 0 Å². The average Bonchev–Trinajstić information content (AvgIpc) is 2.78. The van der Waals surface area contributed by atoms with Gasteiger partial charge in [-0.3, -0.25) is 0 Å². The van der Waals surface area contributed by atoms with Gasteiger partial charge in [0.15, 0.2) is 0 Å². The maximum atomic E-state index is 12.3. The molecule has 1 aromatic rings. The Morgan fingerprint density at radius 1 is 1.35 bits per heavy atom. The summed E-state index contributed by atoms with van der Waals surface area (Å²) >= 11 is -4.00. The van der Waals surface area contributed by atoms with Crippen molar-refractivity contribution in [3.05, 3.63) is 24.3 Å². The van der Waals surface area contributed by atoms with Gasteiger partial charge in [-0.2, -0.15) is 0 Å². The summed E-state index contributed by atoms with van der Waals surface area (Å²) < 4.78 is 23.0. The Kier molecular flexibility index (Phi) is 3.69. The standard InChI is InChI=1S/C10H12AsNO5/c13-7-10(14)12-9-4-2-1-3-8(9)11(15)16-5-6-17-11/h1-4,13H,5-7H2,(H,12,14). The van der Waals surface area contributed by atoms with Crippen LogP contribution in [0.2, 0.25) is 0 Å². The number of carbonyl (C=O) groups is 1. The van der Waals surface area contributed by atoms with Gasteiger partial charge >= 0.3 is 101 Å². The first-order chi connectivity index (χ1) is 8.15. The molecular formula is C10H12AsNO5. The van der Waals surface area contributed by atoms with E-state index in [-0.39, 0.29) is 0 Å². The molecule has 0 unspecified atom stereocenters. The van der Waals surface area contributed by atoms with Gasteiger partial charge in [0.05, 0.1) is 0 Å². The number of carbonyl (C=O) groups excluding carboxylic acids is 1. The third-order valence-corrected chi connectivity index (χ3v) is 6.47. The van der Waals surface area contributed by atoms with E-state index in [1.54, 1.807) is 24.3 Å². The minimum atomic E-state index is -4.00. The molecule has 1 heterocycles. The fraction of sp³-hybridized carbons (Fsp3) is 0.300. The molecule has 0 radical (unpaired) electrons. The van der Waals surface area contributed by atoms with E-state index in [4.69, 9.17) is 12.6 Å². The molecule has 17 heavy (non-hydrogen) atoms. The van der Waals surface area contributed by atoms with Crippen molar-refractivity contribution in [2.24, 2.45) is 0 Å². The molecule has 0 aromatic heterocycles. The van der Waals surface area contributed by atoms with Gasteiger partial charge in [-0.15, -0.1) is 0 Å². The van der Waals surface area contributed by atoms with E-state index in [0.29, 0.717) is 23.3 Å². The van der Waals surface area contributed by atoms with E-state index >= 15 is 0 Å². The van der Waals surface area contributed by atoms with Crippen molar-refractivity contribution in [2.45, 2.75) is 0 Å². The molecule has 1 aromatic carbocycles. The fourth-order valence-corrected chi connectivity index (χ4v) is 5.02. The first-order valence-corrected chi connectivity index (χ1v) is 8.29. The number of para-hydroxylation sites is 1. The summed E-state index contributed by atoms with van der Waals surface area (Å²) in [6.07, 6.45) is 0. The molecule has 7 heteroatoms. The molecule has 0 spiro atoms. The number of rotatable bonds is 3. The zero-order valence-corrected chi connectivity index (χ0v) is 10.8. The van der Waals surface area contributed by atoms with Gasteiger partial charge in [-0.05, 0) is 0 Å². The van der Waals surface area contributed by atoms with Crippen LogP contribution in [0.3, 0.4) is 0 Å². The van der Waals surface area contributed by atoms with Gasteiger partial charge in [-0.1, -0.05) is 0 Å². The van der Waals surface area contributed by atoms with Crippen molar-refractivity contribution >= 4 is 30.1 Å². The minimum absolute atomic E-state index is 0.290. The van der Waals surface area contributed by atoms with Crippen LogP contribution in [0.1, 0.15) is 0 Å². The van der Waals surface area contributed by atoms with Crippen LogP contribution in [0.25, 0.3) is 0 Å². The van der Waals surface area contributed by atoms with Gasteiger partial charge in [0.25, 0.3) is 0 Å². The Bertz CT molecular complexity index is 466. The van der Waals surface area contributed by atoms with Crippen molar-refractivity contribution < 1.29 is 21.1 Å². The first-order valence-electron chi connectivity index (χ1n) is 5.05.